The van der Waals surface area contributed by atoms with E-state index in [1.165, 1.54) is 4.57 Å². The van der Waals surface area contributed by atoms with Crippen LogP contribution in [0, 0.1) is 0 Å². The lowest BCUT2D eigenvalue weighted by Gasteiger charge is -2.15. The summed E-state index contributed by atoms with van der Waals surface area (Å²) < 4.78 is 7.66. The first-order chi connectivity index (χ1) is 11.9. The topological polar surface area (TPSA) is 169 Å². The second-order valence-corrected chi connectivity index (χ2v) is 6.01. The Morgan fingerprint density at radius 1 is 1.32 bits per heavy atom. The van der Waals surface area contributed by atoms with Gasteiger partial charge in [0.2, 0.25) is 5.95 Å². The molecule has 1 aliphatic heterocycles. The van der Waals surface area contributed by atoms with Crippen LogP contribution in [0.5, 0.6) is 0 Å². The molecule has 2 aromatic heterocycles. The summed E-state index contributed by atoms with van der Waals surface area (Å²) in [5.41, 5.74) is 4.37. The molecule has 138 valence electrons. The average molecular weight is 355 g/mol. The van der Waals surface area contributed by atoms with Crippen LogP contribution in [0.1, 0.15) is 26.0 Å². The van der Waals surface area contributed by atoms with E-state index in [2.05, 4.69) is 9.97 Å². The summed E-state index contributed by atoms with van der Waals surface area (Å²) in [6, 6.07) is 0. The molecule has 0 saturated carbocycles. The number of nitrogens with zero attached hydrogens (tertiary/aromatic N) is 3. The van der Waals surface area contributed by atoms with Gasteiger partial charge in [-0.05, 0) is 6.42 Å². The van der Waals surface area contributed by atoms with Crippen LogP contribution in [0.2, 0.25) is 0 Å². The molecule has 25 heavy (non-hydrogen) atoms. The molecule has 0 aliphatic carbocycles. The summed E-state index contributed by atoms with van der Waals surface area (Å²) in [7, 11) is 0. The van der Waals surface area contributed by atoms with Crippen molar-refractivity contribution in [1.29, 1.82) is 0 Å². The Morgan fingerprint density at radius 2 is 2.04 bits per heavy atom. The third kappa shape index (κ3) is 2.74. The number of nitrogens with two attached hydrogens (primary N) is 1. The van der Waals surface area contributed by atoms with E-state index in [0.717, 1.165) is 11.0 Å². The molecule has 11 nitrogen and oxygen atoms in total. The van der Waals surface area contributed by atoms with Gasteiger partial charge in [-0.15, -0.1) is 0 Å². The molecule has 0 radical (unpaired) electrons. The van der Waals surface area contributed by atoms with E-state index in [-0.39, 0.29) is 23.7 Å². The van der Waals surface area contributed by atoms with Crippen LogP contribution in [-0.2, 0) is 11.3 Å². The van der Waals surface area contributed by atoms with Gasteiger partial charge in [-0.2, -0.15) is 4.98 Å². The van der Waals surface area contributed by atoms with Gasteiger partial charge >= 0.3 is 5.69 Å². The zero-order valence-electron chi connectivity index (χ0n) is 13.6. The highest BCUT2D eigenvalue weighted by Crippen LogP contribution is 2.30. The summed E-state index contributed by atoms with van der Waals surface area (Å²) in [4.78, 5) is 31.5. The van der Waals surface area contributed by atoms with Crippen LogP contribution in [0.15, 0.2) is 9.59 Å². The Kier molecular flexibility index (Phi) is 4.64. The number of anilines is 1. The van der Waals surface area contributed by atoms with Crippen molar-refractivity contribution in [2.75, 3.05) is 12.3 Å². The minimum absolute atomic E-state index is 0.0189. The molecule has 3 heterocycles. The van der Waals surface area contributed by atoms with Crippen LogP contribution >= 0.6 is 0 Å². The lowest BCUT2D eigenvalue weighted by atomic mass is 10.1. The summed E-state index contributed by atoms with van der Waals surface area (Å²) in [5, 5.41) is 29.4. The van der Waals surface area contributed by atoms with Crippen molar-refractivity contribution in [3.63, 3.8) is 0 Å². The number of ether oxygens (including phenoxy) is 1. The van der Waals surface area contributed by atoms with Crippen molar-refractivity contribution >= 4 is 17.1 Å². The van der Waals surface area contributed by atoms with Crippen LogP contribution in [0.25, 0.3) is 11.2 Å². The molecule has 0 aromatic carbocycles. The Hall–Kier alpha value is -2.21. The molecular weight excluding hydrogens is 334 g/mol. The number of nitrogens with one attached hydrogen (secondary N) is 1. The summed E-state index contributed by atoms with van der Waals surface area (Å²) in [6.45, 7) is 1.69. The number of aliphatic hydroxyl groups excluding tert-OH is 3. The van der Waals surface area contributed by atoms with Gasteiger partial charge in [-0.3, -0.25) is 14.3 Å². The number of hydrogen-bond acceptors (Lipinski definition) is 8. The molecule has 11 heteroatoms. The predicted octanol–water partition coefficient (Wildman–Crippen LogP) is -2.12. The van der Waals surface area contributed by atoms with Crippen molar-refractivity contribution in [3.8, 4) is 0 Å². The Bertz CT molecular complexity index is 886. The number of H-pyrrole nitrogens is 1. The lowest BCUT2D eigenvalue weighted by Crippen LogP contribution is -2.36. The molecule has 0 spiro atoms. The molecule has 0 bridgehead atoms. The maximum absolute atomic E-state index is 12.8. The number of aryl methyl sites for hydroxylation is 1. The van der Waals surface area contributed by atoms with E-state index in [4.69, 9.17) is 10.5 Å². The number of aromatic amines is 1. The molecule has 6 N–H and O–H groups in total. The van der Waals surface area contributed by atoms with E-state index in [9.17, 15) is 24.9 Å². The van der Waals surface area contributed by atoms with Gasteiger partial charge in [-0.25, -0.2) is 9.36 Å². The Morgan fingerprint density at radius 3 is 2.64 bits per heavy atom. The molecule has 1 fully saturated rings. The highest BCUT2D eigenvalue weighted by atomic mass is 16.6. The van der Waals surface area contributed by atoms with Crippen LogP contribution in [0.4, 0.5) is 5.95 Å². The van der Waals surface area contributed by atoms with Gasteiger partial charge in [0.05, 0.1) is 6.61 Å². The van der Waals surface area contributed by atoms with Crippen LogP contribution in [0.3, 0.4) is 0 Å². The second-order valence-electron chi connectivity index (χ2n) is 6.01. The standard InChI is InChI=1S/C14H21N5O6/c1-2-3-4-18-7-10(16-13(15)17-11(7)23)19(14(18)24)12-9(22)8(21)6(5-20)25-12/h6,8-9,12,20-22H,2-5H2,1H3,(H3,15,16,17,23)/t6-,8-,9-,12-/m1/s1. The zero-order chi connectivity index (χ0) is 18.3. The van der Waals surface area contributed by atoms with Crippen molar-refractivity contribution < 1.29 is 20.1 Å². The molecular formula is C14H21N5O6. The van der Waals surface area contributed by atoms with E-state index in [1.807, 2.05) is 6.92 Å². The molecule has 0 unspecified atom stereocenters. The minimum Gasteiger partial charge on any atom is -0.394 e. The number of imidazole rings is 1. The summed E-state index contributed by atoms with van der Waals surface area (Å²) in [5.74, 6) is -0.189. The van der Waals surface area contributed by atoms with E-state index in [0.29, 0.717) is 6.42 Å². The first kappa shape index (κ1) is 17.6. The number of hydrogen-bond donors (Lipinski definition) is 5. The van der Waals surface area contributed by atoms with E-state index < -0.39 is 42.4 Å². The minimum atomic E-state index is -1.47. The van der Waals surface area contributed by atoms with Gasteiger partial charge < -0.3 is 25.8 Å². The maximum Gasteiger partial charge on any atom is 0.332 e. The van der Waals surface area contributed by atoms with Crippen molar-refractivity contribution in [1.82, 2.24) is 19.1 Å². The number of aliphatic hydroxyl groups is 3. The Labute approximate surface area is 141 Å². The lowest BCUT2D eigenvalue weighted by molar-refractivity contribution is -0.0528. The number of fused-ring (bicyclic) bond motifs is 1. The van der Waals surface area contributed by atoms with Crippen molar-refractivity contribution in [3.05, 3.63) is 20.8 Å². The third-order valence-corrected chi connectivity index (χ3v) is 4.34. The Balaban J connectivity index is 2.23. The van der Waals surface area contributed by atoms with Gasteiger partial charge in [-0.1, -0.05) is 13.3 Å². The largest absolute Gasteiger partial charge is 0.394 e. The first-order valence-corrected chi connectivity index (χ1v) is 8.03. The van der Waals surface area contributed by atoms with Gasteiger partial charge in [0.25, 0.3) is 5.56 Å². The van der Waals surface area contributed by atoms with Gasteiger partial charge in [0.15, 0.2) is 17.4 Å². The van der Waals surface area contributed by atoms with Crippen molar-refractivity contribution in [2.45, 2.75) is 50.8 Å². The number of unbranched alkanes of at least 4 members (excludes halogenated alkanes) is 1. The molecule has 1 saturated heterocycles. The third-order valence-electron chi connectivity index (χ3n) is 4.34. The first-order valence-electron chi connectivity index (χ1n) is 8.03. The van der Waals surface area contributed by atoms with Crippen molar-refractivity contribution in [2.24, 2.45) is 0 Å². The highest BCUT2D eigenvalue weighted by molar-refractivity contribution is 5.71. The summed E-state index contributed by atoms with van der Waals surface area (Å²) in [6.07, 6.45) is -3.75. The fourth-order valence-corrected chi connectivity index (χ4v) is 3.05. The predicted molar refractivity (Wildman–Crippen MR) is 86.9 cm³/mol. The molecule has 1 aliphatic rings. The van der Waals surface area contributed by atoms with E-state index >= 15 is 0 Å². The maximum atomic E-state index is 12.8. The number of rotatable bonds is 5. The monoisotopic (exact) mass is 355 g/mol. The van der Waals surface area contributed by atoms with Gasteiger partial charge in [0, 0.05) is 6.54 Å². The average Bonchev–Trinajstić information content (AvgIpc) is 3.00. The summed E-state index contributed by atoms with van der Waals surface area (Å²) >= 11 is 0. The smallest absolute Gasteiger partial charge is 0.332 e. The fourth-order valence-electron chi connectivity index (χ4n) is 3.05. The molecule has 0 amide bonds. The number of nitrogen functional groups attached to an aromatic ring is 1. The molecule has 4 atom stereocenters. The van der Waals surface area contributed by atoms with Crippen LogP contribution in [-0.4, -0.2) is 59.3 Å². The highest BCUT2D eigenvalue weighted by Gasteiger charge is 2.45. The molecule has 3 rings (SSSR count). The van der Waals surface area contributed by atoms with Gasteiger partial charge in [0.1, 0.15) is 18.3 Å². The zero-order valence-corrected chi connectivity index (χ0v) is 13.6. The second kappa shape index (κ2) is 6.59. The molecule has 2 aromatic rings. The van der Waals surface area contributed by atoms with Crippen LogP contribution < -0.4 is 17.0 Å². The number of aromatic nitrogens is 4. The fraction of sp³-hybridized carbons (Fsp3) is 0.643. The SMILES string of the molecule is CCCCn1c(=O)n([C@@H]2O[C@H](CO)[C@@H](O)[C@H]2O)c2nc(N)[nH]c(=O)c21. The van der Waals surface area contributed by atoms with E-state index in [1.54, 1.807) is 0 Å². The quantitative estimate of drug-likeness (QED) is 0.405. The normalized spacial score (nSPS) is 26.6.